The molecular formula is C24H21BrIN3O4. The number of aromatic hydroxyl groups is 1. The molecule has 0 spiro atoms. The van der Waals surface area contributed by atoms with Gasteiger partial charge in [0.15, 0.2) is 0 Å². The van der Waals surface area contributed by atoms with Crippen LogP contribution in [0, 0.1) is 3.57 Å². The summed E-state index contributed by atoms with van der Waals surface area (Å²) in [7, 11) is 0. The molecule has 3 aromatic rings. The number of carbonyl (C=O) groups is 2. The van der Waals surface area contributed by atoms with Crippen LogP contribution in [0.2, 0.25) is 0 Å². The number of carbonyl (C=O) groups excluding carboxylic acids is 2. The molecule has 2 amide bonds. The van der Waals surface area contributed by atoms with E-state index in [2.05, 4.69) is 49.2 Å². The fourth-order valence-corrected chi connectivity index (χ4v) is 3.70. The fraction of sp³-hybridized carbons (Fsp3) is 0.0833. The Labute approximate surface area is 213 Å². The van der Waals surface area contributed by atoms with Gasteiger partial charge in [0.25, 0.3) is 0 Å². The van der Waals surface area contributed by atoms with Gasteiger partial charge in [0, 0.05) is 25.7 Å². The van der Waals surface area contributed by atoms with Gasteiger partial charge < -0.3 is 20.9 Å². The lowest BCUT2D eigenvalue weighted by Gasteiger charge is -2.19. The maximum Gasteiger partial charge on any atom is 0.412 e. The van der Waals surface area contributed by atoms with E-state index in [1.54, 1.807) is 66.7 Å². The number of benzene rings is 3. The highest BCUT2D eigenvalue weighted by Crippen LogP contribution is 2.31. The zero-order valence-corrected chi connectivity index (χ0v) is 21.0. The average Bonchev–Trinajstić information content (AvgIpc) is 2.78. The molecule has 0 aliphatic rings. The van der Waals surface area contributed by atoms with Crippen molar-refractivity contribution in [3.05, 3.63) is 92.5 Å². The SMILES string of the molecule is Nc1ccccc1NC(=O)/C=C/C[C@H](OC(=O)Nc1ccc(Br)cc1)c1cc(I)ccc1O. The normalized spacial score (nSPS) is 11.7. The van der Waals surface area contributed by atoms with Crippen molar-refractivity contribution in [2.45, 2.75) is 12.5 Å². The second kappa shape index (κ2) is 11.7. The van der Waals surface area contributed by atoms with Gasteiger partial charge in [-0.2, -0.15) is 0 Å². The molecular weight excluding hydrogens is 601 g/mol. The average molecular weight is 622 g/mol. The first-order chi connectivity index (χ1) is 15.8. The van der Waals surface area contributed by atoms with Crippen LogP contribution in [-0.2, 0) is 9.53 Å². The number of nitrogens with one attached hydrogen (secondary N) is 2. The number of halogens is 2. The van der Waals surface area contributed by atoms with Crippen LogP contribution in [0.4, 0.5) is 21.9 Å². The van der Waals surface area contributed by atoms with Crippen molar-refractivity contribution in [2.75, 3.05) is 16.4 Å². The molecule has 0 unspecified atom stereocenters. The third-order valence-corrected chi connectivity index (χ3v) is 5.71. The molecule has 0 aromatic heterocycles. The molecule has 3 rings (SSSR count). The number of para-hydroxylation sites is 2. The minimum atomic E-state index is -0.819. The van der Waals surface area contributed by atoms with Crippen molar-refractivity contribution in [2.24, 2.45) is 0 Å². The number of nitrogens with two attached hydrogens (primary N) is 1. The second-order valence-electron chi connectivity index (χ2n) is 6.94. The first-order valence-electron chi connectivity index (χ1n) is 9.85. The van der Waals surface area contributed by atoms with Gasteiger partial charge in [-0.15, -0.1) is 0 Å². The standard InChI is InChI=1S/C24H21BrIN3O4/c25-15-8-11-17(12-9-15)28-24(32)33-22(18-14-16(26)10-13-21(18)30)6-3-7-23(31)29-20-5-2-1-4-19(20)27/h1-5,7-14,22,30H,6,27H2,(H,28,32)(H,29,31)/b7-3+/t22-/m0/s1. The van der Waals surface area contributed by atoms with Gasteiger partial charge >= 0.3 is 6.09 Å². The number of hydrogen-bond donors (Lipinski definition) is 4. The van der Waals surface area contributed by atoms with Gasteiger partial charge in [-0.3, -0.25) is 10.1 Å². The monoisotopic (exact) mass is 621 g/mol. The molecule has 0 saturated heterocycles. The lowest BCUT2D eigenvalue weighted by atomic mass is 10.0. The van der Waals surface area contributed by atoms with Crippen LogP contribution in [-0.4, -0.2) is 17.1 Å². The van der Waals surface area contributed by atoms with E-state index in [-0.39, 0.29) is 18.1 Å². The van der Waals surface area contributed by atoms with Crippen LogP contribution in [0.3, 0.4) is 0 Å². The lowest BCUT2D eigenvalue weighted by molar-refractivity contribution is -0.111. The molecule has 9 heteroatoms. The number of anilines is 3. The van der Waals surface area contributed by atoms with Gasteiger partial charge in [-0.25, -0.2) is 4.79 Å². The van der Waals surface area contributed by atoms with Gasteiger partial charge in [0.1, 0.15) is 11.9 Å². The van der Waals surface area contributed by atoms with Crippen LogP contribution in [0.1, 0.15) is 18.1 Å². The van der Waals surface area contributed by atoms with E-state index in [1.165, 1.54) is 12.1 Å². The molecule has 33 heavy (non-hydrogen) atoms. The molecule has 0 heterocycles. The minimum absolute atomic E-state index is 0.00762. The van der Waals surface area contributed by atoms with Gasteiger partial charge in [-0.05, 0) is 83.3 Å². The Morgan fingerprint density at radius 1 is 1.09 bits per heavy atom. The van der Waals surface area contributed by atoms with E-state index in [1.807, 2.05) is 0 Å². The summed E-state index contributed by atoms with van der Waals surface area (Å²) >= 11 is 5.45. The van der Waals surface area contributed by atoms with Crippen molar-refractivity contribution < 1.29 is 19.4 Å². The van der Waals surface area contributed by atoms with Crippen LogP contribution in [0.15, 0.2) is 83.4 Å². The van der Waals surface area contributed by atoms with Gasteiger partial charge in [-0.1, -0.05) is 34.1 Å². The molecule has 0 aliphatic carbocycles. The van der Waals surface area contributed by atoms with E-state index < -0.39 is 12.2 Å². The van der Waals surface area contributed by atoms with Crippen LogP contribution >= 0.6 is 38.5 Å². The maximum atomic E-state index is 12.5. The Hall–Kier alpha value is -3.05. The zero-order chi connectivity index (χ0) is 23.8. The fourth-order valence-electron chi connectivity index (χ4n) is 2.92. The Morgan fingerprint density at radius 2 is 1.82 bits per heavy atom. The van der Waals surface area contributed by atoms with Crippen LogP contribution < -0.4 is 16.4 Å². The third kappa shape index (κ3) is 7.50. The molecule has 0 radical (unpaired) electrons. The highest BCUT2D eigenvalue weighted by molar-refractivity contribution is 14.1. The summed E-state index contributed by atoms with van der Waals surface area (Å²) in [5.74, 6) is -0.385. The molecule has 1 atom stereocenters. The molecule has 7 nitrogen and oxygen atoms in total. The Balaban J connectivity index is 1.71. The quantitative estimate of drug-likeness (QED) is 0.142. The van der Waals surface area contributed by atoms with Crippen molar-refractivity contribution >= 4 is 67.6 Å². The van der Waals surface area contributed by atoms with Crippen molar-refractivity contribution in [1.29, 1.82) is 0 Å². The summed E-state index contributed by atoms with van der Waals surface area (Å²) in [5.41, 5.74) is 7.80. The summed E-state index contributed by atoms with van der Waals surface area (Å²) < 4.78 is 7.34. The molecule has 5 N–H and O–H groups in total. The molecule has 0 saturated carbocycles. The Kier molecular flexibility index (Phi) is 8.72. The van der Waals surface area contributed by atoms with Gasteiger partial charge in [0.05, 0.1) is 11.4 Å². The molecule has 0 aliphatic heterocycles. The van der Waals surface area contributed by atoms with Crippen molar-refractivity contribution in [1.82, 2.24) is 0 Å². The zero-order valence-electron chi connectivity index (χ0n) is 17.3. The number of rotatable bonds is 7. The Bertz CT molecular complexity index is 1170. The largest absolute Gasteiger partial charge is 0.508 e. The lowest BCUT2D eigenvalue weighted by Crippen LogP contribution is -2.17. The first-order valence-corrected chi connectivity index (χ1v) is 11.7. The summed E-state index contributed by atoms with van der Waals surface area (Å²) in [6, 6.07) is 19.0. The summed E-state index contributed by atoms with van der Waals surface area (Å²) in [6.07, 6.45) is 1.57. The molecule has 0 fully saturated rings. The molecule has 170 valence electrons. The predicted molar refractivity (Wildman–Crippen MR) is 141 cm³/mol. The number of phenols is 1. The topological polar surface area (TPSA) is 114 Å². The van der Waals surface area contributed by atoms with E-state index in [4.69, 9.17) is 10.5 Å². The van der Waals surface area contributed by atoms with E-state index in [0.717, 1.165) is 8.04 Å². The number of phenolic OH excluding ortho intramolecular Hbond substituents is 1. The van der Waals surface area contributed by atoms with E-state index in [0.29, 0.717) is 22.6 Å². The van der Waals surface area contributed by atoms with Crippen molar-refractivity contribution in [3.8, 4) is 5.75 Å². The van der Waals surface area contributed by atoms with Crippen LogP contribution in [0.5, 0.6) is 5.75 Å². The van der Waals surface area contributed by atoms with Gasteiger partial charge in [0.2, 0.25) is 5.91 Å². The number of amides is 2. The summed E-state index contributed by atoms with van der Waals surface area (Å²) in [6.45, 7) is 0. The number of hydrogen-bond acceptors (Lipinski definition) is 5. The predicted octanol–water partition coefficient (Wildman–Crippen LogP) is 6.22. The third-order valence-electron chi connectivity index (χ3n) is 4.51. The minimum Gasteiger partial charge on any atom is -0.508 e. The molecule has 0 bridgehead atoms. The summed E-state index contributed by atoms with van der Waals surface area (Å²) in [5, 5.41) is 15.7. The highest BCUT2D eigenvalue weighted by atomic mass is 127. The second-order valence-corrected chi connectivity index (χ2v) is 9.10. The van der Waals surface area contributed by atoms with E-state index >= 15 is 0 Å². The maximum absolute atomic E-state index is 12.5. The number of ether oxygens (including phenoxy) is 1. The van der Waals surface area contributed by atoms with Crippen molar-refractivity contribution in [3.63, 3.8) is 0 Å². The first kappa shape index (κ1) is 24.6. The number of nitrogen functional groups attached to an aromatic ring is 1. The van der Waals surface area contributed by atoms with Crippen LogP contribution in [0.25, 0.3) is 0 Å². The highest BCUT2D eigenvalue weighted by Gasteiger charge is 2.20. The summed E-state index contributed by atoms with van der Waals surface area (Å²) in [4.78, 5) is 24.8. The smallest absolute Gasteiger partial charge is 0.412 e. The molecule has 3 aromatic carbocycles. The Morgan fingerprint density at radius 3 is 2.55 bits per heavy atom. The van der Waals surface area contributed by atoms with E-state index in [9.17, 15) is 14.7 Å².